The van der Waals surface area contributed by atoms with Crippen LogP contribution in [0.5, 0.6) is 0 Å². The van der Waals surface area contributed by atoms with Gasteiger partial charge < -0.3 is 18.2 Å². The summed E-state index contributed by atoms with van der Waals surface area (Å²) in [5.74, 6) is 0.537. The molecule has 0 aliphatic rings. The highest BCUT2D eigenvalue weighted by molar-refractivity contribution is 8.46. The number of hydrogen-bond donors (Lipinski definition) is 3. The Kier molecular flexibility index (Phi) is 6.28. The first-order valence-corrected chi connectivity index (χ1v) is 6.48. The van der Waals surface area contributed by atoms with Crippen molar-refractivity contribution in [1.82, 2.24) is 0 Å². The summed E-state index contributed by atoms with van der Waals surface area (Å²) < 4.78 is 0. The van der Waals surface area contributed by atoms with Crippen molar-refractivity contribution in [2.24, 2.45) is 0 Å². The average Bonchev–Trinajstić information content (AvgIpc) is 1.85. The van der Waals surface area contributed by atoms with Crippen molar-refractivity contribution in [1.29, 1.82) is 0 Å². The summed E-state index contributed by atoms with van der Waals surface area (Å²) in [5.41, 5.74) is 0. The Morgan fingerprint density at radius 2 is 1.80 bits per heavy atom. The molecule has 0 rings (SSSR count). The monoisotopic (exact) mass is 217 g/mol. The molecule has 62 valence electrons. The van der Waals surface area contributed by atoms with Crippen LogP contribution in [0.2, 0.25) is 0 Å². The van der Waals surface area contributed by atoms with E-state index in [1.54, 1.807) is 0 Å². The van der Waals surface area contributed by atoms with E-state index < -0.39 is 20.2 Å². The SMILES string of the molecule is O[C@H](CS)[C@@H](O)C[S-](=S)=S. The minimum absolute atomic E-state index is 0.239. The zero-order valence-electron chi connectivity index (χ0n) is 5.14. The Hall–Kier alpha value is 1.06. The standard InChI is InChI=1S/C4H9O2S4/c5-3(1-7)4(6)2-10(8)9/h3-7H,1-2H2/q-1/t3-,4+/m1/s1. The molecule has 0 aliphatic carbocycles. The summed E-state index contributed by atoms with van der Waals surface area (Å²) in [4.78, 5) is 0. The molecule has 6 heteroatoms. The Morgan fingerprint density at radius 1 is 1.30 bits per heavy atom. The quantitative estimate of drug-likeness (QED) is 0.425. The predicted molar refractivity (Wildman–Crippen MR) is 52.8 cm³/mol. The van der Waals surface area contributed by atoms with Gasteiger partial charge in [-0.25, -0.2) is 0 Å². The summed E-state index contributed by atoms with van der Waals surface area (Å²) in [6, 6.07) is 0. The highest BCUT2D eigenvalue weighted by atomic mass is 33.1. The third-order valence-electron chi connectivity index (χ3n) is 0.938. The van der Waals surface area contributed by atoms with Gasteiger partial charge in [0.25, 0.3) is 0 Å². The molecule has 0 unspecified atom stereocenters. The van der Waals surface area contributed by atoms with Gasteiger partial charge >= 0.3 is 0 Å². The van der Waals surface area contributed by atoms with Gasteiger partial charge in [0.05, 0.1) is 12.2 Å². The normalized spacial score (nSPS) is 17.2. The predicted octanol–water partition coefficient (Wildman–Crippen LogP) is -0.820. The summed E-state index contributed by atoms with van der Waals surface area (Å²) in [5, 5.41) is 18.0. The minimum Gasteiger partial charge on any atom is -0.392 e. The summed E-state index contributed by atoms with van der Waals surface area (Å²) in [6.07, 6.45) is -1.61. The zero-order chi connectivity index (χ0) is 8.15. The molecule has 0 aromatic rings. The molecule has 0 aromatic carbocycles. The van der Waals surface area contributed by atoms with E-state index in [1.807, 2.05) is 0 Å². The van der Waals surface area contributed by atoms with Gasteiger partial charge in [-0.3, -0.25) is 22.4 Å². The summed E-state index contributed by atoms with van der Waals surface area (Å²) in [7, 11) is -0.645. The Labute approximate surface area is 76.9 Å². The second-order valence-corrected chi connectivity index (χ2v) is 6.14. The van der Waals surface area contributed by atoms with E-state index >= 15 is 0 Å². The van der Waals surface area contributed by atoms with Crippen LogP contribution in [0.15, 0.2) is 0 Å². The van der Waals surface area contributed by atoms with Crippen molar-refractivity contribution >= 4 is 43.0 Å². The van der Waals surface area contributed by atoms with E-state index in [0.717, 1.165) is 0 Å². The van der Waals surface area contributed by atoms with Crippen LogP contribution < -0.4 is 0 Å². The smallest absolute Gasteiger partial charge is 0.0869 e. The van der Waals surface area contributed by atoms with Gasteiger partial charge in [0, 0.05) is 5.75 Å². The lowest BCUT2D eigenvalue weighted by molar-refractivity contribution is 0.0502. The fraction of sp³-hybridized carbons (Fsp3) is 1.00. The first-order chi connectivity index (χ1) is 4.57. The maximum absolute atomic E-state index is 9.06. The zero-order valence-corrected chi connectivity index (χ0v) is 8.48. The molecule has 2 N–H and O–H groups in total. The largest absolute Gasteiger partial charge is 0.392 e. The molecule has 2 nitrogen and oxygen atoms in total. The first-order valence-electron chi connectivity index (χ1n) is 2.60. The maximum atomic E-state index is 9.06. The Morgan fingerprint density at radius 3 is 2.10 bits per heavy atom. The van der Waals surface area contributed by atoms with Gasteiger partial charge in [-0.1, -0.05) is 5.75 Å². The van der Waals surface area contributed by atoms with Gasteiger partial charge in [-0.05, 0) is 0 Å². The third-order valence-corrected chi connectivity index (χ3v) is 2.74. The van der Waals surface area contributed by atoms with Crippen molar-refractivity contribution < 1.29 is 10.2 Å². The van der Waals surface area contributed by atoms with E-state index in [9.17, 15) is 0 Å². The van der Waals surface area contributed by atoms with Crippen molar-refractivity contribution in [3.63, 3.8) is 0 Å². The van der Waals surface area contributed by atoms with Crippen LogP contribution in [0, 0.1) is 0 Å². The lowest BCUT2D eigenvalue weighted by Gasteiger charge is -2.17. The third kappa shape index (κ3) is 4.81. The van der Waals surface area contributed by atoms with E-state index in [1.165, 1.54) is 0 Å². The van der Waals surface area contributed by atoms with Crippen molar-refractivity contribution in [3.05, 3.63) is 0 Å². The molecule has 0 radical (unpaired) electrons. The van der Waals surface area contributed by atoms with E-state index in [4.69, 9.17) is 10.2 Å². The molecule has 0 bridgehead atoms. The molecule has 0 fully saturated rings. The van der Waals surface area contributed by atoms with Crippen LogP contribution in [0.4, 0.5) is 0 Å². The first kappa shape index (κ1) is 11.1. The summed E-state index contributed by atoms with van der Waals surface area (Å²) in [6.45, 7) is 0. The molecule has 0 aliphatic heterocycles. The lowest BCUT2D eigenvalue weighted by atomic mass is 10.3. The van der Waals surface area contributed by atoms with Crippen molar-refractivity contribution in [2.75, 3.05) is 11.5 Å². The molecule has 10 heavy (non-hydrogen) atoms. The highest BCUT2D eigenvalue weighted by Gasteiger charge is 2.09. The fourth-order valence-corrected chi connectivity index (χ4v) is 1.95. The lowest BCUT2D eigenvalue weighted by Crippen LogP contribution is -2.30. The van der Waals surface area contributed by atoms with Gasteiger partial charge in [0.2, 0.25) is 0 Å². The number of thiol groups is 1. The summed E-state index contributed by atoms with van der Waals surface area (Å²) >= 11 is 13.1. The van der Waals surface area contributed by atoms with Gasteiger partial charge in [0.1, 0.15) is 0 Å². The van der Waals surface area contributed by atoms with Crippen molar-refractivity contribution in [3.8, 4) is 0 Å². The van der Waals surface area contributed by atoms with Crippen LogP contribution in [-0.4, -0.2) is 33.9 Å². The molecule has 0 saturated carbocycles. The van der Waals surface area contributed by atoms with Gasteiger partial charge in [-0.15, -0.1) is 0 Å². The maximum Gasteiger partial charge on any atom is 0.0869 e. The van der Waals surface area contributed by atoms with Gasteiger partial charge in [-0.2, -0.15) is 12.6 Å². The number of rotatable bonds is 4. The number of hydrogen-bond acceptors (Lipinski definition) is 6. The molecular formula is C4H9O2S4-. The second kappa shape index (κ2) is 5.68. The molecule has 0 spiro atoms. The Bertz CT molecular complexity index is 147. The molecule has 0 aromatic heterocycles. The van der Waals surface area contributed by atoms with E-state index in [2.05, 4.69) is 35.0 Å². The molecule has 2 atom stereocenters. The minimum atomic E-state index is -0.809. The fourth-order valence-electron chi connectivity index (χ4n) is 0.372. The van der Waals surface area contributed by atoms with E-state index in [0.29, 0.717) is 5.75 Å². The number of aliphatic hydroxyl groups is 2. The van der Waals surface area contributed by atoms with E-state index in [-0.39, 0.29) is 5.75 Å². The van der Waals surface area contributed by atoms with Crippen LogP contribution >= 0.6 is 12.6 Å². The highest BCUT2D eigenvalue weighted by Crippen LogP contribution is 1.95. The van der Waals surface area contributed by atoms with Crippen LogP contribution in [0.25, 0.3) is 0 Å². The molecule has 0 amide bonds. The van der Waals surface area contributed by atoms with Crippen LogP contribution in [0.3, 0.4) is 0 Å². The Balaban J connectivity index is 3.71. The topological polar surface area (TPSA) is 40.5 Å². The molecule has 0 saturated heterocycles. The van der Waals surface area contributed by atoms with Crippen molar-refractivity contribution in [2.45, 2.75) is 12.2 Å². The van der Waals surface area contributed by atoms with Crippen LogP contribution in [0.1, 0.15) is 0 Å². The van der Waals surface area contributed by atoms with Gasteiger partial charge in [0.15, 0.2) is 0 Å². The number of aliphatic hydroxyl groups excluding tert-OH is 2. The van der Waals surface area contributed by atoms with Crippen LogP contribution in [-0.2, 0) is 30.4 Å². The molecular weight excluding hydrogens is 208 g/mol. The molecule has 0 heterocycles. The second-order valence-electron chi connectivity index (χ2n) is 1.79. The average molecular weight is 217 g/mol.